The van der Waals surface area contributed by atoms with Crippen molar-refractivity contribution in [3.05, 3.63) is 30.6 Å². The van der Waals surface area contributed by atoms with Crippen molar-refractivity contribution >= 4 is 28.4 Å². The first-order chi connectivity index (χ1) is 8.34. The van der Waals surface area contributed by atoms with Crippen LogP contribution in [0, 0.1) is 0 Å². The van der Waals surface area contributed by atoms with Crippen molar-refractivity contribution in [2.75, 3.05) is 0 Å². The van der Waals surface area contributed by atoms with Gasteiger partial charge in [0.2, 0.25) is 0 Å². The zero-order valence-corrected chi connectivity index (χ0v) is 10.1. The summed E-state index contributed by atoms with van der Waals surface area (Å²) in [5.41, 5.74) is 0.940. The number of Topliss-reactive ketones (excluding diaryl/α,β-unsaturated/α-hetero) is 1. The van der Waals surface area contributed by atoms with Crippen LogP contribution in [0.2, 0.25) is 0 Å². The summed E-state index contributed by atoms with van der Waals surface area (Å²) in [6.45, 7) is 0. The van der Waals surface area contributed by atoms with Crippen molar-refractivity contribution in [3.8, 4) is 0 Å². The molecule has 1 atom stereocenters. The third-order valence-corrected chi connectivity index (χ3v) is 4.34. The predicted molar refractivity (Wildman–Crippen MR) is 68.0 cm³/mol. The zero-order valence-electron chi connectivity index (χ0n) is 9.30. The topological polar surface area (TPSA) is 42.9 Å². The number of carbonyl (C=O) groups excluding carboxylic acids is 1. The molecule has 0 spiro atoms. The van der Waals surface area contributed by atoms with Crippen molar-refractivity contribution in [1.82, 2.24) is 9.97 Å². The lowest BCUT2D eigenvalue weighted by Gasteiger charge is -2.08. The number of aromatic nitrogens is 2. The Labute approximate surface area is 104 Å². The van der Waals surface area contributed by atoms with Gasteiger partial charge in [-0.25, -0.2) is 9.97 Å². The van der Waals surface area contributed by atoms with Gasteiger partial charge in [-0.2, -0.15) is 0 Å². The highest BCUT2D eigenvalue weighted by Gasteiger charge is 2.26. The van der Waals surface area contributed by atoms with Gasteiger partial charge in [0.15, 0.2) is 0 Å². The average molecular weight is 244 g/mol. The number of hydrogen-bond acceptors (Lipinski definition) is 4. The van der Waals surface area contributed by atoms with Crippen molar-refractivity contribution in [1.29, 1.82) is 0 Å². The molecule has 2 aromatic rings. The Balaban J connectivity index is 1.97. The molecule has 1 aromatic heterocycles. The minimum Gasteiger partial charge on any atom is -0.298 e. The molecule has 0 saturated heterocycles. The molecule has 1 aromatic carbocycles. The summed E-state index contributed by atoms with van der Waals surface area (Å²) >= 11 is 1.59. The number of fused-ring (bicyclic) bond motifs is 1. The Morgan fingerprint density at radius 1 is 1.24 bits per heavy atom. The maximum absolute atomic E-state index is 11.7. The number of para-hydroxylation sites is 1. The number of carbonyl (C=O) groups is 1. The maximum Gasteiger partial charge on any atom is 0.146 e. The van der Waals surface area contributed by atoms with Crippen LogP contribution in [0.4, 0.5) is 0 Å². The highest BCUT2D eigenvalue weighted by atomic mass is 32.2. The molecule has 1 saturated carbocycles. The van der Waals surface area contributed by atoms with Crippen LogP contribution in [0.25, 0.3) is 10.9 Å². The molecule has 0 amide bonds. The van der Waals surface area contributed by atoms with Crippen LogP contribution in [0.15, 0.2) is 35.6 Å². The van der Waals surface area contributed by atoms with Gasteiger partial charge >= 0.3 is 0 Å². The van der Waals surface area contributed by atoms with Crippen molar-refractivity contribution in [2.45, 2.75) is 29.5 Å². The van der Waals surface area contributed by atoms with Gasteiger partial charge in [-0.05, 0) is 18.9 Å². The van der Waals surface area contributed by atoms with Crippen molar-refractivity contribution in [2.24, 2.45) is 0 Å². The molecular weight excluding hydrogens is 232 g/mol. The summed E-state index contributed by atoms with van der Waals surface area (Å²) in [6, 6.07) is 7.92. The third kappa shape index (κ3) is 2.05. The smallest absolute Gasteiger partial charge is 0.146 e. The second kappa shape index (κ2) is 4.45. The van der Waals surface area contributed by atoms with Crippen LogP contribution in [-0.2, 0) is 4.79 Å². The quantitative estimate of drug-likeness (QED) is 0.762. The van der Waals surface area contributed by atoms with E-state index in [4.69, 9.17) is 0 Å². The number of rotatable bonds is 2. The molecule has 1 aliphatic rings. The van der Waals surface area contributed by atoms with E-state index in [1.54, 1.807) is 18.1 Å². The van der Waals surface area contributed by atoms with Gasteiger partial charge in [-0.1, -0.05) is 30.0 Å². The molecule has 1 fully saturated rings. The molecule has 4 heteroatoms. The average Bonchev–Trinajstić information content (AvgIpc) is 2.76. The van der Waals surface area contributed by atoms with Crippen molar-refractivity contribution < 1.29 is 4.79 Å². The van der Waals surface area contributed by atoms with Crippen LogP contribution in [0.3, 0.4) is 0 Å². The summed E-state index contributed by atoms with van der Waals surface area (Å²) in [5, 5.41) is 2.06. The van der Waals surface area contributed by atoms with E-state index < -0.39 is 0 Å². The molecule has 0 aliphatic heterocycles. The number of benzene rings is 1. The van der Waals surface area contributed by atoms with Gasteiger partial charge in [0.1, 0.15) is 17.1 Å². The van der Waals surface area contributed by atoms with Gasteiger partial charge in [0.05, 0.1) is 10.8 Å². The van der Waals surface area contributed by atoms with E-state index in [2.05, 4.69) is 9.97 Å². The Kier molecular flexibility index (Phi) is 2.81. The molecule has 1 heterocycles. The molecule has 1 aliphatic carbocycles. The minimum absolute atomic E-state index is 0.0910. The van der Waals surface area contributed by atoms with Gasteiger partial charge in [-0.3, -0.25) is 4.79 Å². The number of hydrogen-bond donors (Lipinski definition) is 0. The number of ketones is 1. The van der Waals surface area contributed by atoms with Crippen LogP contribution in [-0.4, -0.2) is 21.0 Å². The summed E-state index contributed by atoms with van der Waals surface area (Å²) in [7, 11) is 0. The standard InChI is InChI=1S/C13H12N2OS/c16-11-6-3-7-12(11)17-13-9-4-1-2-5-10(9)14-8-15-13/h1-2,4-5,8,12H,3,6-7H2. The summed E-state index contributed by atoms with van der Waals surface area (Å²) in [6.07, 6.45) is 4.28. The molecule has 3 nitrogen and oxygen atoms in total. The minimum atomic E-state index is 0.0910. The molecule has 0 bridgehead atoms. The fraction of sp³-hybridized carbons (Fsp3) is 0.308. The third-order valence-electron chi connectivity index (χ3n) is 3.01. The predicted octanol–water partition coefficient (Wildman–Crippen LogP) is 2.84. The van der Waals surface area contributed by atoms with E-state index in [0.717, 1.165) is 35.2 Å². The van der Waals surface area contributed by atoms with E-state index in [1.165, 1.54) is 0 Å². The highest BCUT2D eigenvalue weighted by molar-refractivity contribution is 8.00. The van der Waals surface area contributed by atoms with Gasteiger partial charge in [0, 0.05) is 11.8 Å². The first-order valence-corrected chi connectivity index (χ1v) is 6.62. The summed E-state index contributed by atoms with van der Waals surface area (Å²) in [4.78, 5) is 20.2. The van der Waals surface area contributed by atoms with Gasteiger partial charge in [-0.15, -0.1) is 0 Å². The molecule has 17 heavy (non-hydrogen) atoms. The zero-order chi connectivity index (χ0) is 11.7. The second-order valence-electron chi connectivity index (χ2n) is 4.16. The SMILES string of the molecule is O=C1CCCC1Sc1ncnc2ccccc12. The maximum atomic E-state index is 11.7. The van der Waals surface area contributed by atoms with Crippen LogP contribution < -0.4 is 0 Å². The fourth-order valence-electron chi connectivity index (χ4n) is 2.12. The molecule has 3 rings (SSSR count). The fourth-order valence-corrected chi connectivity index (χ4v) is 3.33. The van der Waals surface area contributed by atoms with E-state index in [-0.39, 0.29) is 5.25 Å². The molecule has 86 valence electrons. The van der Waals surface area contributed by atoms with Crippen LogP contribution >= 0.6 is 11.8 Å². The van der Waals surface area contributed by atoms with Gasteiger partial charge < -0.3 is 0 Å². The van der Waals surface area contributed by atoms with Gasteiger partial charge in [0.25, 0.3) is 0 Å². The Morgan fingerprint density at radius 3 is 2.94 bits per heavy atom. The lowest BCUT2D eigenvalue weighted by atomic mass is 10.2. The Morgan fingerprint density at radius 2 is 2.12 bits per heavy atom. The number of thioether (sulfide) groups is 1. The van der Waals surface area contributed by atoms with E-state index in [9.17, 15) is 4.79 Å². The normalized spacial score (nSPS) is 20.0. The Bertz CT molecular complexity index is 565. The molecule has 0 radical (unpaired) electrons. The monoisotopic (exact) mass is 244 g/mol. The molecule has 0 N–H and O–H groups in total. The van der Waals surface area contributed by atoms with Crippen molar-refractivity contribution in [3.63, 3.8) is 0 Å². The van der Waals surface area contributed by atoms with Crippen LogP contribution in [0.1, 0.15) is 19.3 Å². The van der Waals surface area contributed by atoms with E-state index in [0.29, 0.717) is 5.78 Å². The first-order valence-electron chi connectivity index (χ1n) is 5.74. The summed E-state index contributed by atoms with van der Waals surface area (Å²) < 4.78 is 0. The number of nitrogens with zero attached hydrogens (tertiary/aromatic N) is 2. The molecule has 1 unspecified atom stereocenters. The molecular formula is C13H12N2OS. The lowest BCUT2D eigenvalue weighted by molar-refractivity contribution is -0.116. The largest absolute Gasteiger partial charge is 0.298 e. The first kappa shape index (κ1) is 10.7. The van der Waals surface area contributed by atoms with E-state index in [1.807, 2.05) is 24.3 Å². The highest BCUT2D eigenvalue weighted by Crippen LogP contribution is 2.34. The van der Waals surface area contributed by atoms with Crippen LogP contribution in [0.5, 0.6) is 0 Å². The lowest BCUT2D eigenvalue weighted by Crippen LogP contribution is -2.08. The Hall–Kier alpha value is -1.42. The summed E-state index contributed by atoms with van der Waals surface area (Å²) in [5.74, 6) is 0.359. The van der Waals surface area contributed by atoms with E-state index >= 15 is 0 Å². The second-order valence-corrected chi connectivity index (χ2v) is 5.35.